The molecule has 0 fully saturated rings. The van der Waals surface area contributed by atoms with Gasteiger partial charge in [0, 0.05) is 11.9 Å². The Bertz CT molecular complexity index is 579. The van der Waals surface area contributed by atoms with E-state index in [0.717, 1.165) is 11.4 Å². The number of anilines is 1. The van der Waals surface area contributed by atoms with Crippen molar-refractivity contribution in [1.82, 2.24) is 14.8 Å². The number of pyridine rings is 1. The summed E-state index contributed by atoms with van der Waals surface area (Å²) >= 11 is 5.91. The van der Waals surface area contributed by atoms with Gasteiger partial charge in [-0.05, 0) is 32.0 Å². The number of amides is 1. The van der Waals surface area contributed by atoms with E-state index in [4.69, 9.17) is 11.6 Å². The molecule has 0 unspecified atom stereocenters. The largest absolute Gasteiger partial charge is 0.308 e. The van der Waals surface area contributed by atoms with Crippen LogP contribution in [0.5, 0.6) is 0 Å². The van der Waals surface area contributed by atoms with E-state index in [1.54, 1.807) is 23.0 Å². The molecule has 2 aromatic rings. The second kappa shape index (κ2) is 5.18. The maximum Gasteiger partial charge on any atom is 0.247 e. The Morgan fingerprint density at radius 1 is 1.50 bits per heavy atom. The SMILES string of the molecule is Cc1cc(C)n(CC(=O)Nc2ncccc2Cl)n1. The first-order valence-corrected chi connectivity index (χ1v) is 5.85. The van der Waals surface area contributed by atoms with Crippen molar-refractivity contribution < 1.29 is 4.79 Å². The van der Waals surface area contributed by atoms with Crippen LogP contribution in [0, 0.1) is 13.8 Å². The highest BCUT2D eigenvalue weighted by Crippen LogP contribution is 2.17. The van der Waals surface area contributed by atoms with E-state index in [1.807, 2.05) is 19.9 Å². The van der Waals surface area contributed by atoms with Crippen molar-refractivity contribution in [3.05, 3.63) is 40.8 Å². The Balaban J connectivity index is 2.06. The van der Waals surface area contributed by atoms with Gasteiger partial charge in [-0.25, -0.2) is 4.98 Å². The van der Waals surface area contributed by atoms with Crippen LogP contribution in [0.15, 0.2) is 24.4 Å². The minimum atomic E-state index is -0.207. The van der Waals surface area contributed by atoms with Crippen LogP contribution >= 0.6 is 11.6 Å². The lowest BCUT2D eigenvalue weighted by molar-refractivity contribution is -0.117. The third-order valence-corrected chi connectivity index (χ3v) is 2.72. The molecule has 0 aromatic carbocycles. The van der Waals surface area contributed by atoms with Crippen molar-refractivity contribution >= 4 is 23.3 Å². The molecule has 94 valence electrons. The predicted octanol–water partition coefficient (Wildman–Crippen LogP) is 2.19. The first kappa shape index (κ1) is 12.6. The van der Waals surface area contributed by atoms with Crippen molar-refractivity contribution in [2.24, 2.45) is 0 Å². The molecule has 0 atom stereocenters. The van der Waals surface area contributed by atoms with Gasteiger partial charge in [-0.15, -0.1) is 0 Å². The van der Waals surface area contributed by atoms with Crippen LogP contribution in [0.4, 0.5) is 5.82 Å². The fourth-order valence-electron chi connectivity index (χ4n) is 1.62. The molecule has 2 heterocycles. The summed E-state index contributed by atoms with van der Waals surface area (Å²) < 4.78 is 1.64. The standard InChI is InChI=1S/C12H13ClN4O/c1-8-6-9(2)17(16-8)7-11(18)15-12-10(13)4-3-5-14-12/h3-6H,7H2,1-2H3,(H,14,15,18). The minimum absolute atomic E-state index is 0.145. The molecule has 18 heavy (non-hydrogen) atoms. The maximum absolute atomic E-state index is 11.8. The summed E-state index contributed by atoms with van der Waals surface area (Å²) in [6.45, 7) is 3.94. The van der Waals surface area contributed by atoms with Gasteiger partial charge in [0.25, 0.3) is 0 Å². The Kier molecular flexibility index (Phi) is 3.62. The van der Waals surface area contributed by atoms with Crippen molar-refractivity contribution in [2.75, 3.05) is 5.32 Å². The van der Waals surface area contributed by atoms with E-state index in [-0.39, 0.29) is 12.5 Å². The first-order valence-electron chi connectivity index (χ1n) is 5.47. The molecule has 0 bridgehead atoms. The summed E-state index contributed by atoms with van der Waals surface area (Å²) in [7, 11) is 0. The molecule has 0 spiro atoms. The second-order valence-electron chi connectivity index (χ2n) is 3.97. The molecule has 2 aromatic heterocycles. The van der Waals surface area contributed by atoms with Gasteiger partial charge in [0.15, 0.2) is 5.82 Å². The summed E-state index contributed by atoms with van der Waals surface area (Å²) in [5, 5.41) is 7.28. The Hall–Kier alpha value is -1.88. The number of carbonyl (C=O) groups excluding carboxylic acids is 1. The molecular weight excluding hydrogens is 252 g/mol. The Morgan fingerprint density at radius 3 is 2.89 bits per heavy atom. The summed E-state index contributed by atoms with van der Waals surface area (Å²) in [6.07, 6.45) is 1.57. The van der Waals surface area contributed by atoms with Crippen LogP contribution in [0.3, 0.4) is 0 Å². The molecule has 0 aliphatic rings. The third kappa shape index (κ3) is 2.87. The number of nitrogens with one attached hydrogen (secondary N) is 1. The molecule has 0 saturated carbocycles. The predicted molar refractivity (Wildman–Crippen MR) is 69.6 cm³/mol. The number of aryl methyl sites for hydroxylation is 2. The van der Waals surface area contributed by atoms with E-state index in [0.29, 0.717) is 10.8 Å². The number of aromatic nitrogens is 3. The normalized spacial score (nSPS) is 10.4. The number of nitrogens with zero attached hydrogens (tertiary/aromatic N) is 3. The van der Waals surface area contributed by atoms with Crippen LogP contribution in [0.25, 0.3) is 0 Å². The van der Waals surface area contributed by atoms with E-state index in [1.165, 1.54) is 0 Å². The lowest BCUT2D eigenvalue weighted by Crippen LogP contribution is -2.21. The first-order chi connectivity index (χ1) is 8.56. The van der Waals surface area contributed by atoms with E-state index in [9.17, 15) is 4.79 Å². The van der Waals surface area contributed by atoms with Gasteiger partial charge in [0.05, 0.1) is 10.7 Å². The van der Waals surface area contributed by atoms with Gasteiger partial charge in [-0.2, -0.15) is 5.10 Å². The van der Waals surface area contributed by atoms with Gasteiger partial charge in [-0.3, -0.25) is 9.48 Å². The van der Waals surface area contributed by atoms with Crippen LogP contribution in [-0.4, -0.2) is 20.7 Å². The van der Waals surface area contributed by atoms with Gasteiger partial charge in [-0.1, -0.05) is 11.6 Å². The molecule has 0 aliphatic heterocycles. The van der Waals surface area contributed by atoms with Gasteiger partial charge < -0.3 is 5.32 Å². The molecule has 2 rings (SSSR count). The number of rotatable bonds is 3. The van der Waals surface area contributed by atoms with E-state index >= 15 is 0 Å². The lowest BCUT2D eigenvalue weighted by atomic mass is 10.4. The van der Waals surface area contributed by atoms with Gasteiger partial charge in [0.2, 0.25) is 5.91 Å². The third-order valence-electron chi connectivity index (χ3n) is 2.41. The fraction of sp³-hybridized carbons (Fsp3) is 0.250. The lowest BCUT2D eigenvalue weighted by Gasteiger charge is -2.07. The van der Waals surface area contributed by atoms with Crippen LogP contribution in [0.2, 0.25) is 5.02 Å². The number of halogens is 1. The molecule has 0 saturated heterocycles. The molecular formula is C12H13ClN4O. The molecule has 1 amide bonds. The average Bonchev–Trinajstić information content (AvgIpc) is 2.61. The van der Waals surface area contributed by atoms with Crippen LogP contribution < -0.4 is 5.32 Å². The zero-order valence-electron chi connectivity index (χ0n) is 10.1. The smallest absolute Gasteiger partial charge is 0.247 e. The minimum Gasteiger partial charge on any atom is -0.308 e. The van der Waals surface area contributed by atoms with Gasteiger partial charge in [0.1, 0.15) is 6.54 Å². The van der Waals surface area contributed by atoms with Crippen molar-refractivity contribution in [2.45, 2.75) is 20.4 Å². The maximum atomic E-state index is 11.8. The monoisotopic (exact) mass is 264 g/mol. The summed E-state index contributed by atoms with van der Waals surface area (Å²) in [5.41, 5.74) is 1.82. The number of carbonyl (C=O) groups is 1. The second-order valence-corrected chi connectivity index (χ2v) is 4.37. The summed E-state index contributed by atoms with van der Waals surface area (Å²) in [6, 6.07) is 5.30. The molecule has 0 aliphatic carbocycles. The van der Waals surface area contributed by atoms with E-state index < -0.39 is 0 Å². The molecule has 1 N–H and O–H groups in total. The number of hydrogen-bond donors (Lipinski definition) is 1. The molecule has 0 radical (unpaired) electrons. The highest BCUT2D eigenvalue weighted by atomic mass is 35.5. The molecule has 6 heteroatoms. The van der Waals surface area contributed by atoms with E-state index in [2.05, 4.69) is 15.4 Å². The topological polar surface area (TPSA) is 59.8 Å². The summed E-state index contributed by atoms with van der Waals surface area (Å²) in [5.74, 6) is 0.160. The molecule has 5 nitrogen and oxygen atoms in total. The Morgan fingerprint density at radius 2 is 2.28 bits per heavy atom. The van der Waals surface area contributed by atoms with Crippen molar-refractivity contribution in [3.63, 3.8) is 0 Å². The highest BCUT2D eigenvalue weighted by Gasteiger charge is 2.09. The highest BCUT2D eigenvalue weighted by molar-refractivity contribution is 6.33. The Labute approximate surface area is 110 Å². The van der Waals surface area contributed by atoms with Crippen LogP contribution in [-0.2, 0) is 11.3 Å². The average molecular weight is 265 g/mol. The quantitative estimate of drug-likeness (QED) is 0.924. The van der Waals surface area contributed by atoms with Gasteiger partial charge >= 0.3 is 0 Å². The fourth-order valence-corrected chi connectivity index (χ4v) is 1.79. The van der Waals surface area contributed by atoms with Crippen molar-refractivity contribution in [3.8, 4) is 0 Å². The van der Waals surface area contributed by atoms with Crippen LogP contribution in [0.1, 0.15) is 11.4 Å². The zero-order valence-corrected chi connectivity index (χ0v) is 10.9. The number of hydrogen-bond acceptors (Lipinski definition) is 3. The summed E-state index contributed by atoms with van der Waals surface area (Å²) in [4.78, 5) is 15.8. The zero-order chi connectivity index (χ0) is 13.1. The van der Waals surface area contributed by atoms with Crippen molar-refractivity contribution in [1.29, 1.82) is 0 Å².